The quantitative estimate of drug-likeness (QED) is 0.882. The van der Waals surface area contributed by atoms with Gasteiger partial charge in [-0.15, -0.1) is 0 Å². The van der Waals surface area contributed by atoms with E-state index in [0.29, 0.717) is 19.8 Å². The summed E-state index contributed by atoms with van der Waals surface area (Å²) in [4.78, 5) is 13.9. The van der Waals surface area contributed by atoms with Crippen molar-refractivity contribution in [3.63, 3.8) is 0 Å². The molecule has 0 bridgehead atoms. The molecule has 1 aliphatic rings. The van der Waals surface area contributed by atoms with Crippen molar-refractivity contribution < 1.29 is 17.9 Å². The molecule has 1 aliphatic heterocycles. The van der Waals surface area contributed by atoms with E-state index in [1.165, 1.54) is 0 Å². The van der Waals surface area contributed by atoms with Crippen LogP contribution in [0.15, 0.2) is 24.3 Å². The second-order valence-corrected chi connectivity index (χ2v) is 7.95. The van der Waals surface area contributed by atoms with Crippen LogP contribution in [-0.2, 0) is 27.7 Å². The van der Waals surface area contributed by atoms with Crippen LogP contribution in [0.2, 0.25) is 0 Å². The first kappa shape index (κ1) is 17.7. The van der Waals surface area contributed by atoms with Gasteiger partial charge in [-0.1, -0.05) is 24.3 Å². The molecular weight excluding hydrogens is 316 g/mol. The lowest BCUT2D eigenvalue weighted by Crippen LogP contribution is -2.53. The summed E-state index contributed by atoms with van der Waals surface area (Å²) in [5.74, 6) is 0.0625. The van der Waals surface area contributed by atoms with Gasteiger partial charge in [-0.3, -0.25) is 0 Å². The van der Waals surface area contributed by atoms with Gasteiger partial charge in [0.25, 0.3) is 0 Å². The molecule has 1 aromatic rings. The van der Waals surface area contributed by atoms with Gasteiger partial charge in [0.2, 0.25) is 0 Å². The Hall–Kier alpha value is -1.60. The fourth-order valence-electron chi connectivity index (χ4n) is 2.66. The van der Waals surface area contributed by atoms with E-state index < -0.39 is 9.84 Å². The zero-order valence-electron chi connectivity index (χ0n) is 13.6. The Balaban J connectivity index is 1.94. The predicted octanol–water partition coefficient (Wildman–Crippen LogP) is 1.55. The molecule has 1 aromatic carbocycles. The summed E-state index contributed by atoms with van der Waals surface area (Å²) in [5, 5.41) is 2.88. The van der Waals surface area contributed by atoms with Crippen molar-refractivity contribution in [2.75, 3.05) is 24.7 Å². The Morgan fingerprint density at radius 2 is 2.04 bits per heavy atom. The van der Waals surface area contributed by atoms with E-state index in [-0.39, 0.29) is 30.1 Å². The van der Waals surface area contributed by atoms with Gasteiger partial charge in [0.1, 0.15) is 0 Å². The Morgan fingerprint density at radius 1 is 1.35 bits per heavy atom. The molecule has 7 heteroatoms. The molecule has 6 nitrogen and oxygen atoms in total. The van der Waals surface area contributed by atoms with Crippen LogP contribution in [0.1, 0.15) is 25.0 Å². The molecule has 128 valence electrons. The third kappa shape index (κ3) is 4.94. The molecule has 0 aliphatic carbocycles. The van der Waals surface area contributed by atoms with Crippen LogP contribution >= 0.6 is 0 Å². The van der Waals surface area contributed by atoms with Gasteiger partial charge < -0.3 is 15.0 Å². The van der Waals surface area contributed by atoms with Crippen molar-refractivity contribution in [2.45, 2.75) is 33.0 Å². The summed E-state index contributed by atoms with van der Waals surface area (Å²) in [6, 6.07) is 7.28. The van der Waals surface area contributed by atoms with Crippen LogP contribution < -0.4 is 5.32 Å². The molecule has 0 aromatic heterocycles. The average Bonchev–Trinajstić information content (AvgIpc) is 2.50. The van der Waals surface area contributed by atoms with Crippen LogP contribution in [0.5, 0.6) is 0 Å². The first-order chi connectivity index (χ1) is 10.9. The molecule has 1 saturated heterocycles. The van der Waals surface area contributed by atoms with E-state index in [1.54, 1.807) is 11.8 Å². The zero-order valence-corrected chi connectivity index (χ0v) is 14.4. The Bertz CT molecular complexity index is 645. The number of urea groups is 1. The van der Waals surface area contributed by atoms with E-state index >= 15 is 0 Å². The monoisotopic (exact) mass is 340 g/mol. The SMILES string of the molecule is CCOCc1ccccc1CNC(=O)N1CCS(=O)(=O)C[C@H]1C. The second-order valence-electron chi connectivity index (χ2n) is 5.72. The summed E-state index contributed by atoms with van der Waals surface area (Å²) in [7, 11) is -3.02. The Kier molecular flexibility index (Phi) is 6.01. The van der Waals surface area contributed by atoms with Crippen molar-refractivity contribution >= 4 is 15.9 Å². The van der Waals surface area contributed by atoms with Crippen LogP contribution in [0, 0.1) is 0 Å². The van der Waals surface area contributed by atoms with Crippen molar-refractivity contribution in [3.05, 3.63) is 35.4 Å². The summed E-state index contributed by atoms with van der Waals surface area (Å²) in [6.45, 7) is 5.50. The van der Waals surface area contributed by atoms with Crippen LogP contribution in [0.4, 0.5) is 4.79 Å². The number of rotatable bonds is 5. The molecule has 1 fully saturated rings. The third-order valence-electron chi connectivity index (χ3n) is 3.94. The molecular formula is C16H24N2O4S. The topological polar surface area (TPSA) is 75.7 Å². The smallest absolute Gasteiger partial charge is 0.317 e. The van der Waals surface area contributed by atoms with Gasteiger partial charge in [0, 0.05) is 25.7 Å². The first-order valence-electron chi connectivity index (χ1n) is 7.82. The van der Waals surface area contributed by atoms with Crippen LogP contribution in [0.3, 0.4) is 0 Å². The molecule has 1 heterocycles. The van der Waals surface area contributed by atoms with Gasteiger partial charge in [-0.25, -0.2) is 13.2 Å². The minimum Gasteiger partial charge on any atom is -0.377 e. The van der Waals surface area contributed by atoms with E-state index in [4.69, 9.17) is 4.74 Å². The highest BCUT2D eigenvalue weighted by Crippen LogP contribution is 2.13. The summed E-state index contributed by atoms with van der Waals surface area (Å²) < 4.78 is 28.6. The number of hydrogen-bond donors (Lipinski definition) is 1. The fraction of sp³-hybridized carbons (Fsp3) is 0.562. The fourth-order valence-corrected chi connectivity index (χ4v) is 4.21. The normalized spacial score (nSPS) is 20.3. The lowest BCUT2D eigenvalue weighted by Gasteiger charge is -2.33. The third-order valence-corrected chi connectivity index (χ3v) is 5.74. The number of benzene rings is 1. The highest BCUT2D eigenvalue weighted by atomic mass is 32.2. The van der Waals surface area contributed by atoms with E-state index in [1.807, 2.05) is 31.2 Å². The van der Waals surface area contributed by atoms with Crippen molar-refractivity contribution in [1.29, 1.82) is 0 Å². The van der Waals surface area contributed by atoms with Gasteiger partial charge in [0.15, 0.2) is 9.84 Å². The Morgan fingerprint density at radius 3 is 2.70 bits per heavy atom. The number of nitrogens with zero attached hydrogens (tertiary/aromatic N) is 1. The average molecular weight is 340 g/mol. The summed E-state index contributed by atoms with van der Waals surface area (Å²) in [5.41, 5.74) is 2.05. The minimum atomic E-state index is -3.02. The zero-order chi connectivity index (χ0) is 16.9. The number of nitrogens with one attached hydrogen (secondary N) is 1. The summed E-state index contributed by atoms with van der Waals surface area (Å²) in [6.07, 6.45) is 0. The van der Waals surface area contributed by atoms with Gasteiger partial charge in [0.05, 0.1) is 18.1 Å². The second kappa shape index (κ2) is 7.79. The molecule has 1 atom stereocenters. The number of carbonyl (C=O) groups excluding carboxylic acids is 1. The maximum Gasteiger partial charge on any atom is 0.317 e. The number of hydrogen-bond acceptors (Lipinski definition) is 4. The Labute approximate surface area is 137 Å². The number of sulfone groups is 1. The molecule has 23 heavy (non-hydrogen) atoms. The predicted molar refractivity (Wildman–Crippen MR) is 88.8 cm³/mol. The lowest BCUT2D eigenvalue weighted by atomic mass is 10.1. The van der Waals surface area contributed by atoms with E-state index in [2.05, 4.69) is 5.32 Å². The summed E-state index contributed by atoms with van der Waals surface area (Å²) >= 11 is 0. The maximum atomic E-state index is 12.3. The largest absolute Gasteiger partial charge is 0.377 e. The van der Waals surface area contributed by atoms with E-state index in [9.17, 15) is 13.2 Å². The molecule has 0 saturated carbocycles. The molecule has 0 radical (unpaired) electrons. The number of carbonyl (C=O) groups is 1. The minimum absolute atomic E-state index is 0.0291. The maximum absolute atomic E-state index is 12.3. The highest BCUT2D eigenvalue weighted by Gasteiger charge is 2.31. The highest BCUT2D eigenvalue weighted by molar-refractivity contribution is 7.91. The van der Waals surface area contributed by atoms with Crippen LogP contribution in [-0.4, -0.2) is 50.0 Å². The molecule has 0 spiro atoms. The molecule has 1 N–H and O–H groups in total. The van der Waals surface area contributed by atoms with Gasteiger partial charge >= 0.3 is 6.03 Å². The van der Waals surface area contributed by atoms with Gasteiger partial charge in [-0.2, -0.15) is 0 Å². The van der Waals surface area contributed by atoms with E-state index in [0.717, 1.165) is 11.1 Å². The number of ether oxygens (including phenoxy) is 1. The van der Waals surface area contributed by atoms with Gasteiger partial charge in [-0.05, 0) is 25.0 Å². The van der Waals surface area contributed by atoms with Crippen LogP contribution in [0.25, 0.3) is 0 Å². The lowest BCUT2D eigenvalue weighted by molar-refractivity contribution is 0.133. The van der Waals surface area contributed by atoms with Crippen molar-refractivity contribution in [1.82, 2.24) is 10.2 Å². The number of amides is 2. The first-order valence-corrected chi connectivity index (χ1v) is 9.64. The molecule has 2 amide bonds. The van der Waals surface area contributed by atoms with Crippen molar-refractivity contribution in [2.24, 2.45) is 0 Å². The molecule has 0 unspecified atom stereocenters. The molecule has 2 rings (SSSR count). The van der Waals surface area contributed by atoms with Crippen molar-refractivity contribution in [3.8, 4) is 0 Å². The standard InChI is InChI=1S/C16H24N2O4S/c1-3-22-11-15-7-5-4-6-14(15)10-17-16(19)18-8-9-23(20,21)12-13(18)2/h4-7,13H,3,8-12H2,1-2H3,(H,17,19)/t13-/m1/s1.